The lowest BCUT2D eigenvalue weighted by Crippen LogP contribution is -2.02. The number of pyridine rings is 1. The molecule has 0 saturated carbocycles. The maximum absolute atomic E-state index is 11.6. The highest BCUT2D eigenvalue weighted by atomic mass is 16.5. The smallest absolute Gasteiger partial charge is 0.213 e. The number of nitrogens with zero attached hydrogens (tertiary/aromatic N) is 1. The van der Waals surface area contributed by atoms with Crippen molar-refractivity contribution in [2.24, 2.45) is 0 Å². The fraction of sp³-hybridized carbons (Fsp3) is 0.455. The van der Waals surface area contributed by atoms with Crippen molar-refractivity contribution < 1.29 is 9.53 Å². The number of hydrogen-bond acceptors (Lipinski definition) is 3. The molecule has 3 nitrogen and oxygen atoms in total. The third-order valence-corrected chi connectivity index (χ3v) is 2.57. The summed E-state index contributed by atoms with van der Waals surface area (Å²) in [6, 6.07) is 1.87. The molecular formula is C11H13NO2. The second-order valence-electron chi connectivity index (χ2n) is 3.51. The molecule has 1 aromatic rings. The first-order valence-corrected chi connectivity index (χ1v) is 4.87. The van der Waals surface area contributed by atoms with Crippen molar-refractivity contribution in [1.82, 2.24) is 4.98 Å². The van der Waals surface area contributed by atoms with Crippen molar-refractivity contribution >= 4 is 5.78 Å². The average molecular weight is 191 g/mol. The number of rotatable bonds is 1. The first-order valence-electron chi connectivity index (χ1n) is 4.87. The Morgan fingerprint density at radius 1 is 1.36 bits per heavy atom. The predicted octanol–water partition coefficient (Wildman–Crippen LogP) is 2.00. The van der Waals surface area contributed by atoms with Crippen LogP contribution in [0.3, 0.4) is 0 Å². The number of hydrogen-bond donors (Lipinski definition) is 0. The number of carbonyl (C=O) groups is 1. The summed E-state index contributed by atoms with van der Waals surface area (Å²) in [5.74, 6) is 0.811. The Kier molecular flexibility index (Phi) is 2.48. The van der Waals surface area contributed by atoms with Gasteiger partial charge in [0.15, 0.2) is 5.78 Å². The molecule has 3 heteroatoms. The molecule has 1 aliphatic carbocycles. The normalized spacial score (nSPS) is 15.9. The largest absolute Gasteiger partial charge is 0.481 e. The highest BCUT2D eigenvalue weighted by Gasteiger charge is 2.16. The monoisotopic (exact) mass is 191 g/mol. The number of ketones is 1. The van der Waals surface area contributed by atoms with Crippen LogP contribution >= 0.6 is 0 Å². The fourth-order valence-corrected chi connectivity index (χ4v) is 1.78. The van der Waals surface area contributed by atoms with Crippen LogP contribution in [0, 0.1) is 0 Å². The van der Waals surface area contributed by atoms with Crippen LogP contribution < -0.4 is 4.74 Å². The zero-order valence-electron chi connectivity index (χ0n) is 8.25. The third kappa shape index (κ3) is 1.62. The summed E-state index contributed by atoms with van der Waals surface area (Å²) in [6.07, 6.45) is 5.31. The summed E-state index contributed by atoms with van der Waals surface area (Å²) in [5.41, 5.74) is 1.86. The van der Waals surface area contributed by atoms with E-state index in [1.54, 1.807) is 13.3 Å². The molecule has 2 rings (SSSR count). The van der Waals surface area contributed by atoms with E-state index in [9.17, 15) is 4.79 Å². The number of Topliss-reactive ketones (excluding diaryl/α,β-unsaturated/α-hetero) is 1. The molecule has 0 bridgehead atoms. The highest BCUT2D eigenvalue weighted by molar-refractivity contribution is 5.97. The topological polar surface area (TPSA) is 39.2 Å². The fourth-order valence-electron chi connectivity index (χ4n) is 1.78. The lowest BCUT2D eigenvalue weighted by Gasteiger charge is -2.05. The molecule has 0 spiro atoms. The van der Waals surface area contributed by atoms with E-state index in [4.69, 9.17) is 4.74 Å². The number of ether oxygens (including phenoxy) is 1. The van der Waals surface area contributed by atoms with E-state index in [1.807, 2.05) is 6.07 Å². The molecule has 74 valence electrons. The standard InChI is InChI=1S/C11H13NO2/c1-14-11-6-8-4-2-3-5-10(13)9(8)7-12-11/h6-7H,2-5H2,1H3. The summed E-state index contributed by atoms with van der Waals surface area (Å²) < 4.78 is 5.03. The Labute approximate surface area is 83.1 Å². The SMILES string of the molecule is COc1cc2c(cn1)C(=O)CCCC2. The highest BCUT2D eigenvalue weighted by Crippen LogP contribution is 2.22. The van der Waals surface area contributed by atoms with Gasteiger partial charge in [0.1, 0.15) is 0 Å². The van der Waals surface area contributed by atoms with Crippen molar-refractivity contribution in [3.63, 3.8) is 0 Å². The lowest BCUT2D eigenvalue weighted by molar-refractivity contribution is 0.0981. The van der Waals surface area contributed by atoms with Crippen LogP contribution in [0.2, 0.25) is 0 Å². The number of methoxy groups -OCH3 is 1. The van der Waals surface area contributed by atoms with Crippen LogP contribution in [0.1, 0.15) is 35.2 Å². The quantitative estimate of drug-likeness (QED) is 0.637. The van der Waals surface area contributed by atoms with Gasteiger partial charge in [0.05, 0.1) is 7.11 Å². The van der Waals surface area contributed by atoms with Crippen molar-refractivity contribution in [2.45, 2.75) is 25.7 Å². The minimum Gasteiger partial charge on any atom is -0.481 e. The molecule has 0 aromatic carbocycles. The first kappa shape index (κ1) is 9.19. The molecule has 0 atom stereocenters. The van der Waals surface area contributed by atoms with E-state index in [0.29, 0.717) is 12.3 Å². The average Bonchev–Trinajstić information content (AvgIpc) is 2.40. The van der Waals surface area contributed by atoms with Crippen molar-refractivity contribution in [3.8, 4) is 5.88 Å². The van der Waals surface area contributed by atoms with Gasteiger partial charge in [0.2, 0.25) is 5.88 Å². The molecule has 1 aromatic heterocycles. The molecule has 1 heterocycles. The van der Waals surface area contributed by atoms with Gasteiger partial charge in [-0.15, -0.1) is 0 Å². The number of aryl methyl sites for hydroxylation is 1. The van der Waals surface area contributed by atoms with E-state index < -0.39 is 0 Å². The van der Waals surface area contributed by atoms with Gasteiger partial charge in [-0.2, -0.15) is 0 Å². The van der Waals surface area contributed by atoms with Gasteiger partial charge >= 0.3 is 0 Å². The molecule has 0 saturated heterocycles. The summed E-state index contributed by atoms with van der Waals surface area (Å²) in [5, 5.41) is 0. The van der Waals surface area contributed by atoms with Gasteiger partial charge < -0.3 is 4.74 Å². The molecule has 0 radical (unpaired) electrons. The summed E-state index contributed by atoms with van der Waals surface area (Å²) >= 11 is 0. The van der Waals surface area contributed by atoms with Crippen molar-refractivity contribution in [2.75, 3.05) is 7.11 Å². The van der Waals surface area contributed by atoms with Gasteiger partial charge in [0, 0.05) is 24.2 Å². The summed E-state index contributed by atoms with van der Waals surface area (Å²) in [4.78, 5) is 15.7. The predicted molar refractivity (Wildman–Crippen MR) is 52.7 cm³/mol. The van der Waals surface area contributed by atoms with Crippen LogP contribution in [-0.2, 0) is 6.42 Å². The zero-order chi connectivity index (χ0) is 9.97. The van der Waals surface area contributed by atoms with Gasteiger partial charge in [-0.3, -0.25) is 4.79 Å². The van der Waals surface area contributed by atoms with Gasteiger partial charge in [-0.05, 0) is 24.8 Å². The zero-order valence-corrected chi connectivity index (χ0v) is 8.25. The van der Waals surface area contributed by atoms with E-state index in [1.165, 1.54) is 0 Å². The molecule has 0 amide bonds. The van der Waals surface area contributed by atoms with E-state index in [2.05, 4.69) is 4.98 Å². The Balaban J connectivity index is 2.43. The van der Waals surface area contributed by atoms with Crippen LogP contribution in [0.25, 0.3) is 0 Å². The molecule has 0 fully saturated rings. The van der Waals surface area contributed by atoms with Crippen LogP contribution in [0.4, 0.5) is 0 Å². The van der Waals surface area contributed by atoms with E-state index >= 15 is 0 Å². The Morgan fingerprint density at radius 3 is 2.93 bits per heavy atom. The van der Waals surface area contributed by atoms with E-state index in [-0.39, 0.29) is 5.78 Å². The molecule has 14 heavy (non-hydrogen) atoms. The minimum atomic E-state index is 0.215. The van der Waals surface area contributed by atoms with Crippen molar-refractivity contribution in [3.05, 3.63) is 23.4 Å². The molecule has 1 aliphatic rings. The van der Waals surface area contributed by atoms with Gasteiger partial charge in [-0.25, -0.2) is 4.98 Å². The summed E-state index contributed by atoms with van der Waals surface area (Å²) in [6.45, 7) is 0. The Bertz CT molecular complexity index is 360. The molecular weight excluding hydrogens is 178 g/mol. The van der Waals surface area contributed by atoms with Crippen molar-refractivity contribution in [1.29, 1.82) is 0 Å². The van der Waals surface area contributed by atoms with Gasteiger partial charge in [-0.1, -0.05) is 0 Å². The minimum absolute atomic E-state index is 0.215. The molecule has 0 aliphatic heterocycles. The molecule has 0 N–H and O–H groups in total. The Morgan fingerprint density at radius 2 is 2.14 bits per heavy atom. The van der Waals surface area contributed by atoms with Gasteiger partial charge in [0.25, 0.3) is 0 Å². The number of carbonyl (C=O) groups excluding carboxylic acids is 1. The van der Waals surface area contributed by atoms with Crippen LogP contribution in [-0.4, -0.2) is 17.9 Å². The third-order valence-electron chi connectivity index (χ3n) is 2.57. The first-order chi connectivity index (χ1) is 6.81. The lowest BCUT2D eigenvalue weighted by atomic mass is 10.1. The summed E-state index contributed by atoms with van der Waals surface area (Å²) in [7, 11) is 1.59. The van der Waals surface area contributed by atoms with E-state index in [0.717, 1.165) is 30.4 Å². The number of fused-ring (bicyclic) bond motifs is 1. The maximum atomic E-state index is 11.6. The Hall–Kier alpha value is -1.38. The maximum Gasteiger partial charge on any atom is 0.213 e. The van der Waals surface area contributed by atoms with Crippen LogP contribution in [0.15, 0.2) is 12.3 Å². The second-order valence-corrected chi connectivity index (χ2v) is 3.51. The van der Waals surface area contributed by atoms with Crippen LogP contribution in [0.5, 0.6) is 5.88 Å². The molecule has 0 unspecified atom stereocenters. The number of aromatic nitrogens is 1. The second kappa shape index (κ2) is 3.78.